The Morgan fingerprint density at radius 3 is 2.35 bits per heavy atom. The van der Waals surface area contributed by atoms with Crippen molar-refractivity contribution in [2.75, 3.05) is 32.7 Å². The molecule has 0 aromatic carbocycles. The summed E-state index contributed by atoms with van der Waals surface area (Å²) in [5.41, 5.74) is 1.12. The molecule has 1 fully saturated rings. The SMILES string of the molecule is CCN(CC)CC1CCN(Cc2nc(C)oc2C)CC1. The van der Waals surface area contributed by atoms with Gasteiger partial charge in [0.25, 0.3) is 0 Å². The predicted octanol–water partition coefficient (Wildman–Crippen LogP) is 2.85. The van der Waals surface area contributed by atoms with Gasteiger partial charge in [0.2, 0.25) is 0 Å². The van der Waals surface area contributed by atoms with E-state index in [2.05, 4.69) is 28.6 Å². The lowest BCUT2D eigenvalue weighted by atomic mass is 9.96. The molecule has 0 atom stereocenters. The minimum atomic E-state index is 0.786. The molecule has 0 unspecified atom stereocenters. The van der Waals surface area contributed by atoms with Crippen molar-refractivity contribution in [2.45, 2.75) is 47.1 Å². The molecule has 114 valence electrons. The normalized spacial score (nSPS) is 18.1. The second-order valence-electron chi connectivity index (χ2n) is 5.94. The molecular weight excluding hydrogens is 250 g/mol. The molecule has 1 aromatic heterocycles. The van der Waals surface area contributed by atoms with Crippen LogP contribution >= 0.6 is 0 Å². The van der Waals surface area contributed by atoms with Gasteiger partial charge in [0.15, 0.2) is 5.89 Å². The van der Waals surface area contributed by atoms with Gasteiger partial charge in [-0.2, -0.15) is 0 Å². The van der Waals surface area contributed by atoms with Crippen LogP contribution in [0, 0.1) is 19.8 Å². The van der Waals surface area contributed by atoms with Gasteiger partial charge in [-0.15, -0.1) is 0 Å². The van der Waals surface area contributed by atoms with E-state index < -0.39 is 0 Å². The highest BCUT2D eigenvalue weighted by atomic mass is 16.4. The Morgan fingerprint density at radius 2 is 1.85 bits per heavy atom. The van der Waals surface area contributed by atoms with Crippen molar-refractivity contribution in [1.82, 2.24) is 14.8 Å². The number of piperidine rings is 1. The summed E-state index contributed by atoms with van der Waals surface area (Å²) in [7, 11) is 0. The summed E-state index contributed by atoms with van der Waals surface area (Å²) in [6, 6.07) is 0. The molecule has 20 heavy (non-hydrogen) atoms. The van der Waals surface area contributed by atoms with Crippen molar-refractivity contribution in [1.29, 1.82) is 0 Å². The number of aromatic nitrogens is 1. The van der Waals surface area contributed by atoms with Gasteiger partial charge >= 0.3 is 0 Å². The number of rotatable bonds is 6. The third kappa shape index (κ3) is 4.06. The number of nitrogens with zero attached hydrogens (tertiary/aromatic N) is 3. The maximum atomic E-state index is 5.51. The number of oxazole rings is 1. The van der Waals surface area contributed by atoms with Crippen LogP contribution in [0.25, 0.3) is 0 Å². The third-order valence-electron chi connectivity index (χ3n) is 4.49. The molecule has 2 heterocycles. The zero-order valence-electron chi connectivity index (χ0n) is 13.5. The molecule has 0 amide bonds. The quantitative estimate of drug-likeness (QED) is 0.801. The second-order valence-corrected chi connectivity index (χ2v) is 5.94. The molecule has 1 aliphatic heterocycles. The summed E-state index contributed by atoms with van der Waals surface area (Å²) in [6.45, 7) is 15.4. The molecule has 0 aliphatic carbocycles. The smallest absolute Gasteiger partial charge is 0.191 e. The molecule has 4 nitrogen and oxygen atoms in total. The number of likely N-dealkylation sites (tertiary alicyclic amines) is 1. The molecule has 2 rings (SSSR count). The van der Waals surface area contributed by atoms with Gasteiger partial charge in [0.1, 0.15) is 5.76 Å². The van der Waals surface area contributed by atoms with E-state index in [-0.39, 0.29) is 0 Å². The first-order valence-electron chi connectivity index (χ1n) is 8.00. The van der Waals surface area contributed by atoms with Crippen LogP contribution < -0.4 is 0 Å². The average molecular weight is 279 g/mol. The van der Waals surface area contributed by atoms with E-state index in [0.29, 0.717) is 0 Å². The maximum absolute atomic E-state index is 5.51. The largest absolute Gasteiger partial charge is 0.446 e. The lowest BCUT2D eigenvalue weighted by Crippen LogP contribution is -2.38. The molecular formula is C16H29N3O. The number of hydrogen-bond donors (Lipinski definition) is 0. The summed E-state index contributed by atoms with van der Waals surface area (Å²) in [5, 5.41) is 0. The van der Waals surface area contributed by atoms with E-state index in [4.69, 9.17) is 4.42 Å². The zero-order chi connectivity index (χ0) is 14.5. The average Bonchev–Trinajstić information content (AvgIpc) is 2.76. The van der Waals surface area contributed by atoms with Gasteiger partial charge in [-0.1, -0.05) is 13.8 Å². The van der Waals surface area contributed by atoms with Crippen molar-refractivity contribution >= 4 is 0 Å². The van der Waals surface area contributed by atoms with E-state index in [1.165, 1.54) is 45.6 Å². The van der Waals surface area contributed by atoms with Crippen molar-refractivity contribution in [3.8, 4) is 0 Å². The Morgan fingerprint density at radius 1 is 1.20 bits per heavy atom. The number of aryl methyl sites for hydroxylation is 2. The minimum Gasteiger partial charge on any atom is -0.446 e. The lowest BCUT2D eigenvalue weighted by Gasteiger charge is -2.34. The molecule has 0 spiro atoms. The van der Waals surface area contributed by atoms with Gasteiger partial charge < -0.3 is 9.32 Å². The van der Waals surface area contributed by atoms with Crippen LogP contribution in [0.2, 0.25) is 0 Å². The molecule has 1 aromatic rings. The van der Waals surface area contributed by atoms with Crippen LogP contribution in [0.4, 0.5) is 0 Å². The van der Waals surface area contributed by atoms with E-state index in [1.807, 2.05) is 13.8 Å². The summed E-state index contributed by atoms with van der Waals surface area (Å²) >= 11 is 0. The standard InChI is InChI=1S/C16H29N3O/c1-5-18(6-2)11-15-7-9-19(10-8-15)12-16-13(3)20-14(4)17-16/h15H,5-12H2,1-4H3. The maximum Gasteiger partial charge on any atom is 0.191 e. The highest BCUT2D eigenvalue weighted by molar-refractivity contribution is 5.07. The monoisotopic (exact) mass is 279 g/mol. The second kappa shape index (κ2) is 7.23. The van der Waals surface area contributed by atoms with Crippen molar-refractivity contribution < 1.29 is 4.42 Å². The Balaban J connectivity index is 1.78. The first-order chi connectivity index (χ1) is 9.62. The highest BCUT2D eigenvalue weighted by Crippen LogP contribution is 2.21. The van der Waals surface area contributed by atoms with Gasteiger partial charge in [0, 0.05) is 20.0 Å². The first kappa shape index (κ1) is 15.5. The van der Waals surface area contributed by atoms with Crippen molar-refractivity contribution in [2.24, 2.45) is 5.92 Å². The van der Waals surface area contributed by atoms with E-state index in [9.17, 15) is 0 Å². The molecule has 0 N–H and O–H groups in total. The molecule has 0 bridgehead atoms. The molecule has 1 saturated heterocycles. The van der Waals surface area contributed by atoms with E-state index >= 15 is 0 Å². The lowest BCUT2D eigenvalue weighted by molar-refractivity contribution is 0.142. The molecule has 1 aliphatic rings. The van der Waals surface area contributed by atoms with E-state index in [1.54, 1.807) is 0 Å². The van der Waals surface area contributed by atoms with Crippen molar-refractivity contribution in [3.05, 3.63) is 17.3 Å². The van der Waals surface area contributed by atoms with E-state index in [0.717, 1.165) is 29.8 Å². The fourth-order valence-electron chi connectivity index (χ4n) is 3.10. The van der Waals surface area contributed by atoms with Crippen LogP contribution in [-0.4, -0.2) is 47.5 Å². The third-order valence-corrected chi connectivity index (χ3v) is 4.49. The molecule has 4 heteroatoms. The number of hydrogen-bond acceptors (Lipinski definition) is 4. The Bertz CT molecular complexity index is 404. The van der Waals surface area contributed by atoms with Crippen LogP contribution in [0.15, 0.2) is 4.42 Å². The minimum absolute atomic E-state index is 0.786. The van der Waals surface area contributed by atoms with Gasteiger partial charge in [-0.3, -0.25) is 4.90 Å². The Kier molecular flexibility index (Phi) is 5.61. The highest BCUT2D eigenvalue weighted by Gasteiger charge is 2.22. The predicted molar refractivity (Wildman–Crippen MR) is 81.8 cm³/mol. The summed E-state index contributed by atoms with van der Waals surface area (Å²) in [5.74, 6) is 2.63. The fraction of sp³-hybridized carbons (Fsp3) is 0.812. The van der Waals surface area contributed by atoms with Crippen LogP contribution in [0.5, 0.6) is 0 Å². The Hall–Kier alpha value is -0.870. The molecule has 0 saturated carbocycles. The topological polar surface area (TPSA) is 32.5 Å². The van der Waals surface area contributed by atoms with Crippen LogP contribution in [-0.2, 0) is 6.54 Å². The first-order valence-corrected chi connectivity index (χ1v) is 8.00. The van der Waals surface area contributed by atoms with Crippen LogP contribution in [0.3, 0.4) is 0 Å². The van der Waals surface area contributed by atoms with Gasteiger partial charge in [-0.25, -0.2) is 4.98 Å². The van der Waals surface area contributed by atoms with Crippen molar-refractivity contribution in [3.63, 3.8) is 0 Å². The van der Waals surface area contributed by atoms with Gasteiger partial charge in [-0.05, 0) is 51.9 Å². The fourth-order valence-corrected chi connectivity index (χ4v) is 3.10. The van der Waals surface area contributed by atoms with Gasteiger partial charge in [0.05, 0.1) is 5.69 Å². The summed E-state index contributed by atoms with van der Waals surface area (Å²) in [4.78, 5) is 9.55. The van der Waals surface area contributed by atoms with Crippen LogP contribution in [0.1, 0.15) is 44.0 Å². The zero-order valence-corrected chi connectivity index (χ0v) is 13.5. The molecule has 0 radical (unpaired) electrons. The summed E-state index contributed by atoms with van der Waals surface area (Å²) in [6.07, 6.45) is 2.62. The Labute approximate surface area is 123 Å². The summed E-state index contributed by atoms with van der Waals surface area (Å²) < 4.78 is 5.51.